The molecule has 0 bridgehead atoms. The van der Waals surface area contributed by atoms with Gasteiger partial charge < -0.3 is 16.4 Å². The summed E-state index contributed by atoms with van der Waals surface area (Å²) < 4.78 is 25.9. The monoisotopic (exact) mass is 257 g/mol. The lowest BCUT2D eigenvalue weighted by Crippen LogP contribution is -2.33. The Morgan fingerprint density at radius 1 is 1.44 bits per heavy atom. The molecule has 100 valence electrons. The highest BCUT2D eigenvalue weighted by Gasteiger charge is 2.08. The first kappa shape index (κ1) is 14.4. The zero-order valence-corrected chi connectivity index (χ0v) is 10.2. The van der Waals surface area contributed by atoms with Crippen molar-refractivity contribution in [1.29, 1.82) is 0 Å². The number of amides is 2. The molecule has 0 aromatic heterocycles. The van der Waals surface area contributed by atoms with Crippen LogP contribution >= 0.6 is 0 Å². The maximum atomic E-state index is 13.2. The Morgan fingerprint density at radius 3 is 2.78 bits per heavy atom. The number of nitrogens with one attached hydrogen (secondary N) is 2. The Labute approximate surface area is 105 Å². The van der Waals surface area contributed by atoms with E-state index in [4.69, 9.17) is 5.73 Å². The van der Waals surface area contributed by atoms with Crippen molar-refractivity contribution < 1.29 is 13.6 Å². The zero-order chi connectivity index (χ0) is 13.5. The summed E-state index contributed by atoms with van der Waals surface area (Å²) in [5, 5.41) is 4.90. The van der Waals surface area contributed by atoms with Crippen molar-refractivity contribution in [3.8, 4) is 0 Å². The van der Waals surface area contributed by atoms with Gasteiger partial charge >= 0.3 is 6.03 Å². The lowest BCUT2D eigenvalue weighted by Gasteiger charge is -2.12. The minimum absolute atomic E-state index is 0.0552. The Kier molecular flexibility index (Phi) is 5.51. The molecule has 1 aromatic rings. The number of carbonyl (C=O) groups excluding carboxylic acids is 1. The average molecular weight is 257 g/mol. The summed E-state index contributed by atoms with van der Waals surface area (Å²) in [6, 6.07) is 2.44. The second-order valence-electron chi connectivity index (χ2n) is 4.14. The van der Waals surface area contributed by atoms with Crippen molar-refractivity contribution in [3.63, 3.8) is 0 Å². The molecule has 0 fully saturated rings. The molecule has 6 heteroatoms. The quantitative estimate of drug-likeness (QED) is 0.756. The standard InChI is InChI=1S/C12H17F2N3O/c1-8(4-5-15)7-16-12(18)17-11-3-2-9(13)6-10(11)14/h2-3,6,8H,4-5,7,15H2,1H3,(H2,16,17,18). The molecular formula is C12H17F2N3O. The molecule has 0 saturated carbocycles. The van der Waals surface area contributed by atoms with Crippen LogP contribution in [0.5, 0.6) is 0 Å². The summed E-state index contributed by atoms with van der Waals surface area (Å²) in [6.45, 7) is 2.95. The molecule has 0 spiro atoms. The van der Waals surface area contributed by atoms with Crippen molar-refractivity contribution in [3.05, 3.63) is 29.8 Å². The number of carbonyl (C=O) groups is 1. The van der Waals surface area contributed by atoms with Gasteiger partial charge in [0.15, 0.2) is 0 Å². The van der Waals surface area contributed by atoms with Crippen LogP contribution in [0.25, 0.3) is 0 Å². The molecule has 1 unspecified atom stereocenters. The van der Waals surface area contributed by atoms with Gasteiger partial charge in [-0.25, -0.2) is 13.6 Å². The molecule has 1 atom stereocenters. The Hall–Kier alpha value is -1.69. The maximum absolute atomic E-state index is 13.2. The number of hydrogen-bond donors (Lipinski definition) is 3. The third-order valence-electron chi connectivity index (χ3n) is 2.45. The maximum Gasteiger partial charge on any atom is 0.319 e. The highest BCUT2D eigenvalue weighted by Crippen LogP contribution is 2.14. The predicted molar refractivity (Wildman–Crippen MR) is 66.2 cm³/mol. The van der Waals surface area contributed by atoms with E-state index in [0.717, 1.165) is 12.5 Å². The molecule has 4 nitrogen and oxygen atoms in total. The molecule has 0 aliphatic carbocycles. The van der Waals surface area contributed by atoms with Gasteiger partial charge in [-0.2, -0.15) is 0 Å². The number of hydrogen-bond acceptors (Lipinski definition) is 2. The molecule has 1 rings (SSSR count). The lowest BCUT2D eigenvalue weighted by atomic mass is 10.1. The van der Waals surface area contributed by atoms with Crippen molar-refractivity contribution in [1.82, 2.24) is 5.32 Å². The van der Waals surface area contributed by atoms with E-state index < -0.39 is 17.7 Å². The van der Waals surface area contributed by atoms with Gasteiger partial charge in [-0.05, 0) is 31.0 Å². The second-order valence-corrected chi connectivity index (χ2v) is 4.14. The first-order valence-electron chi connectivity index (χ1n) is 5.73. The van der Waals surface area contributed by atoms with Crippen molar-refractivity contribution >= 4 is 11.7 Å². The molecule has 18 heavy (non-hydrogen) atoms. The van der Waals surface area contributed by atoms with Gasteiger partial charge in [0.05, 0.1) is 5.69 Å². The smallest absolute Gasteiger partial charge is 0.319 e. The van der Waals surface area contributed by atoms with E-state index in [1.807, 2.05) is 6.92 Å². The van der Waals surface area contributed by atoms with E-state index in [9.17, 15) is 13.6 Å². The van der Waals surface area contributed by atoms with E-state index in [0.29, 0.717) is 19.2 Å². The number of urea groups is 1. The predicted octanol–water partition coefficient (Wildman–Crippen LogP) is 2.07. The largest absolute Gasteiger partial charge is 0.338 e. The van der Waals surface area contributed by atoms with Gasteiger partial charge in [-0.1, -0.05) is 6.92 Å². The Morgan fingerprint density at radius 2 is 2.17 bits per heavy atom. The molecule has 0 aliphatic heterocycles. The highest BCUT2D eigenvalue weighted by molar-refractivity contribution is 5.89. The van der Waals surface area contributed by atoms with Crippen LogP contribution in [0.4, 0.5) is 19.3 Å². The van der Waals surface area contributed by atoms with Crippen LogP contribution in [0.2, 0.25) is 0 Å². The highest BCUT2D eigenvalue weighted by atomic mass is 19.1. The van der Waals surface area contributed by atoms with Crippen LogP contribution in [0.15, 0.2) is 18.2 Å². The van der Waals surface area contributed by atoms with Gasteiger partial charge in [0.25, 0.3) is 0 Å². The summed E-state index contributed by atoms with van der Waals surface area (Å²) in [4.78, 5) is 11.4. The number of nitrogens with two attached hydrogens (primary N) is 1. The van der Waals surface area contributed by atoms with Gasteiger partial charge in [-0.15, -0.1) is 0 Å². The fraction of sp³-hybridized carbons (Fsp3) is 0.417. The Balaban J connectivity index is 2.44. The number of halogens is 2. The number of rotatable bonds is 5. The topological polar surface area (TPSA) is 67.1 Å². The van der Waals surface area contributed by atoms with Gasteiger partial charge in [-0.3, -0.25) is 0 Å². The van der Waals surface area contributed by atoms with Crippen LogP contribution < -0.4 is 16.4 Å². The van der Waals surface area contributed by atoms with Gasteiger partial charge in [0.1, 0.15) is 11.6 Å². The van der Waals surface area contributed by atoms with Crippen molar-refractivity contribution in [2.75, 3.05) is 18.4 Å². The van der Waals surface area contributed by atoms with Crippen molar-refractivity contribution in [2.45, 2.75) is 13.3 Å². The zero-order valence-electron chi connectivity index (χ0n) is 10.2. The van der Waals surface area contributed by atoms with Crippen molar-refractivity contribution in [2.24, 2.45) is 11.7 Å². The molecule has 0 heterocycles. The van der Waals surface area contributed by atoms with E-state index >= 15 is 0 Å². The minimum atomic E-state index is -0.805. The third-order valence-corrected chi connectivity index (χ3v) is 2.45. The van der Waals surface area contributed by atoms with Crippen LogP contribution in [0, 0.1) is 17.6 Å². The molecule has 0 saturated heterocycles. The van der Waals surface area contributed by atoms with Crippen LogP contribution in [-0.4, -0.2) is 19.1 Å². The van der Waals surface area contributed by atoms with E-state index in [1.165, 1.54) is 6.07 Å². The molecule has 4 N–H and O–H groups in total. The van der Waals surface area contributed by atoms with E-state index in [-0.39, 0.29) is 11.6 Å². The SMILES string of the molecule is CC(CCN)CNC(=O)Nc1ccc(F)cc1F. The van der Waals surface area contributed by atoms with Crippen LogP contribution in [0.1, 0.15) is 13.3 Å². The normalized spacial score (nSPS) is 12.0. The Bertz CT molecular complexity index is 412. The van der Waals surface area contributed by atoms with E-state index in [2.05, 4.69) is 10.6 Å². The second kappa shape index (κ2) is 6.90. The molecule has 2 amide bonds. The van der Waals surface area contributed by atoms with Crippen LogP contribution in [0.3, 0.4) is 0 Å². The van der Waals surface area contributed by atoms with Crippen LogP contribution in [-0.2, 0) is 0 Å². The summed E-state index contributed by atoms with van der Waals surface area (Å²) in [5.74, 6) is -1.24. The summed E-state index contributed by atoms with van der Waals surface area (Å²) in [6.07, 6.45) is 0.797. The fourth-order valence-corrected chi connectivity index (χ4v) is 1.41. The first-order chi connectivity index (χ1) is 8.52. The number of benzene rings is 1. The van der Waals surface area contributed by atoms with Gasteiger partial charge in [0.2, 0.25) is 0 Å². The van der Waals surface area contributed by atoms with E-state index in [1.54, 1.807) is 0 Å². The summed E-state index contributed by atoms with van der Waals surface area (Å²) in [5.41, 5.74) is 5.32. The first-order valence-corrected chi connectivity index (χ1v) is 5.73. The summed E-state index contributed by atoms with van der Waals surface area (Å²) in [7, 11) is 0. The average Bonchev–Trinajstić information content (AvgIpc) is 2.31. The molecule has 1 aromatic carbocycles. The fourth-order valence-electron chi connectivity index (χ4n) is 1.41. The molecule has 0 radical (unpaired) electrons. The minimum Gasteiger partial charge on any atom is -0.338 e. The molecule has 0 aliphatic rings. The number of anilines is 1. The third kappa shape index (κ3) is 4.67. The summed E-state index contributed by atoms with van der Waals surface area (Å²) >= 11 is 0. The lowest BCUT2D eigenvalue weighted by molar-refractivity contribution is 0.250. The molecular weight excluding hydrogens is 240 g/mol. The van der Waals surface area contributed by atoms with Gasteiger partial charge in [0, 0.05) is 12.6 Å².